The van der Waals surface area contributed by atoms with Crippen molar-refractivity contribution in [3.63, 3.8) is 0 Å². The van der Waals surface area contributed by atoms with E-state index in [9.17, 15) is 10.1 Å². The van der Waals surface area contributed by atoms with Crippen LogP contribution in [-0.4, -0.2) is 20.0 Å². The van der Waals surface area contributed by atoms with E-state index in [0.29, 0.717) is 22.6 Å². The van der Waals surface area contributed by atoms with Gasteiger partial charge in [0.15, 0.2) is 0 Å². The van der Waals surface area contributed by atoms with E-state index in [1.807, 2.05) is 0 Å². The minimum atomic E-state index is -0.555. The number of anilines is 1. The first-order valence-corrected chi connectivity index (χ1v) is 8.16. The Morgan fingerprint density at radius 1 is 1.04 bits per heavy atom. The summed E-state index contributed by atoms with van der Waals surface area (Å²) < 4.78 is 11.0. The molecule has 0 atom stereocenters. The number of benzene rings is 2. The maximum Gasteiger partial charge on any atom is 0.292 e. The zero-order valence-electron chi connectivity index (χ0n) is 14.4. The number of nitrogens with two attached hydrogens (primary N) is 1. The Hall–Kier alpha value is -4.27. The molecular formula is C19H13N5O4. The molecule has 0 amide bonds. The number of ether oxygens (including phenoxy) is 1. The highest BCUT2D eigenvalue weighted by molar-refractivity contribution is 5.69. The molecule has 0 fully saturated rings. The van der Waals surface area contributed by atoms with Crippen molar-refractivity contribution in [1.82, 2.24) is 15.1 Å². The second-order valence-corrected chi connectivity index (χ2v) is 5.77. The Morgan fingerprint density at radius 2 is 1.82 bits per heavy atom. The van der Waals surface area contributed by atoms with E-state index in [1.165, 1.54) is 12.1 Å². The van der Waals surface area contributed by atoms with Crippen LogP contribution in [0.1, 0.15) is 0 Å². The topological polar surface area (TPSA) is 130 Å². The summed E-state index contributed by atoms with van der Waals surface area (Å²) in [6.07, 6.45) is 3.28. The monoisotopic (exact) mass is 375 g/mol. The van der Waals surface area contributed by atoms with E-state index in [2.05, 4.69) is 15.1 Å². The number of nitrogens with zero attached hydrogens (tertiary/aromatic N) is 4. The van der Waals surface area contributed by atoms with Crippen LogP contribution in [0, 0.1) is 10.1 Å². The number of nitro groups is 1. The zero-order valence-corrected chi connectivity index (χ0v) is 14.4. The second kappa shape index (κ2) is 7.16. The van der Waals surface area contributed by atoms with Gasteiger partial charge >= 0.3 is 0 Å². The van der Waals surface area contributed by atoms with Crippen molar-refractivity contribution < 1.29 is 14.2 Å². The van der Waals surface area contributed by atoms with Crippen molar-refractivity contribution in [1.29, 1.82) is 0 Å². The van der Waals surface area contributed by atoms with Crippen molar-refractivity contribution in [2.24, 2.45) is 0 Å². The highest BCUT2D eigenvalue weighted by Crippen LogP contribution is 2.29. The largest absolute Gasteiger partial charge is 0.456 e. The SMILES string of the molecule is Nc1ccc(-c2noc(-c3ccc(Oc4cccnc4)cc3)n2)cc1[N+](=O)[O-]. The van der Waals surface area contributed by atoms with Gasteiger partial charge in [-0.1, -0.05) is 5.16 Å². The summed E-state index contributed by atoms with van der Waals surface area (Å²) in [7, 11) is 0. The molecule has 0 unspecified atom stereocenters. The third-order valence-electron chi connectivity index (χ3n) is 3.88. The van der Waals surface area contributed by atoms with E-state index in [4.69, 9.17) is 15.0 Å². The average Bonchev–Trinajstić information content (AvgIpc) is 3.20. The maximum atomic E-state index is 11.0. The number of rotatable bonds is 5. The molecule has 9 nitrogen and oxygen atoms in total. The molecule has 4 rings (SSSR count). The normalized spacial score (nSPS) is 10.6. The van der Waals surface area contributed by atoms with Crippen LogP contribution in [0.25, 0.3) is 22.8 Å². The highest BCUT2D eigenvalue weighted by atomic mass is 16.6. The molecule has 2 heterocycles. The first kappa shape index (κ1) is 17.2. The molecule has 0 bridgehead atoms. The number of hydrogen-bond donors (Lipinski definition) is 1. The van der Waals surface area contributed by atoms with Crippen LogP contribution in [0.2, 0.25) is 0 Å². The Kier molecular flexibility index (Phi) is 4.38. The fourth-order valence-corrected chi connectivity index (χ4v) is 2.51. The molecule has 0 radical (unpaired) electrons. The van der Waals surface area contributed by atoms with Gasteiger partial charge in [0.05, 0.1) is 11.1 Å². The lowest BCUT2D eigenvalue weighted by Crippen LogP contribution is -1.96. The Labute approximate surface area is 158 Å². The van der Waals surface area contributed by atoms with Crippen LogP contribution in [-0.2, 0) is 0 Å². The van der Waals surface area contributed by atoms with Gasteiger partial charge in [0.25, 0.3) is 11.6 Å². The molecule has 2 N–H and O–H groups in total. The summed E-state index contributed by atoms with van der Waals surface area (Å²) in [6, 6.07) is 15.0. The van der Waals surface area contributed by atoms with E-state index >= 15 is 0 Å². The van der Waals surface area contributed by atoms with Gasteiger partial charge in [0.2, 0.25) is 5.82 Å². The molecule has 4 aromatic rings. The summed E-state index contributed by atoms with van der Waals surface area (Å²) in [5, 5.41) is 14.9. The molecule has 0 aliphatic heterocycles. The molecule has 9 heteroatoms. The molecular weight excluding hydrogens is 362 g/mol. The van der Waals surface area contributed by atoms with Crippen molar-refractivity contribution in [2.75, 3.05) is 5.73 Å². The Bertz CT molecular complexity index is 1130. The van der Waals surface area contributed by atoms with Gasteiger partial charge in [0.1, 0.15) is 17.2 Å². The van der Waals surface area contributed by atoms with Crippen molar-refractivity contribution in [3.05, 3.63) is 77.1 Å². The van der Waals surface area contributed by atoms with Crippen LogP contribution >= 0.6 is 0 Å². The van der Waals surface area contributed by atoms with Crippen LogP contribution in [0.15, 0.2) is 71.5 Å². The summed E-state index contributed by atoms with van der Waals surface area (Å²) in [6.45, 7) is 0. The van der Waals surface area contributed by atoms with Gasteiger partial charge in [-0.25, -0.2) is 0 Å². The number of nitrogen functional groups attached to an aromatic ring is 1. The minimum Gasteiger partial charge on any atom is -0.456 e. The van der Waals surface area contributed by atoms with E-state index in [-0.39, 0.29) is 23.1 Å². The standard InChI is InChI=1S/C19H13N5O4/c20-16-8-5-13(10-17(16)24(25)26)18-22-19(28-23-18)12-3-6-14(7-4-12)27-15-2-1-9-21-11-15/h1-11H,20H2. The number of aromatic nitrogens is 3. The number of hydrogen-bond acceptors (Lipinski definition) is 8. The third-order valence-corrected chi connectivity index (χ3v) is 3.88. The van der Waals surface area contributed by atoms with Gasteiger partial charge < -0.3 is 15.0 Å². The lowest BCUT2D eigenvalue weighted by molar-refractivity contribution is -0.383. The number of pyridine rings is 1. The fraction of sp³-hybridized carbons (Fsp3) is 0. The predicted octanol–water partition coefficient (Wildman–Crippen LogP) is 4.08. The lowest BCUT2D eigenvalue weighted by Gasteiger charge is -2.04. The van der Waals surface area contributed by atoms with Gasteiger partial charge in [0, 0.05) is 23.4 Å². The van der Waals surface area contributed by atoms with Crippen LogP contribution in [0.5, 0.6) is 11.5 Å². The van der Waals surface area contributed by atoms with Crippen LogP contribution in [0.3, 0.4) is 0 Å². The molecule has 0 aliphatic rings. The first-order chi connectivity index (χ1) is 13.6. The lowest BCUT2D eigenvalue weighted by atomic mass is 10.1. The van der Waals surface area contributed by atoms with Gasteiger partial charge in [-0.2, -0.15) is 4.98 Å². The maximum absolute atomic E-state index is 11.0. The smallest absolute Gasteiger partial charge is 0.292 e. The van der Waals surface area contributed by atoms with E-state index < -0.39 is 4.92 Å². The zero-order chi connectivity index (χ0) is 19.5. The number of nitro benzene ring substituents is 1. The van der Waals surface area contributed by atoms with Gasteiger partial charge in [-0.3, -0.25) is 15.1 Å². The Balaban J connectivity index is 1.56. The summed E-state index contributed by atoms with van der Waals surface area (Å²) in [5.74, 6) is 1.77. The molecule has 28 heavy (non-hydrogen) atoms. The van der Waals surface area contributed by atoms with E-state index in [1.54, 1.807) is 54.9 Å². The van der Waals surface area contributed by atoms with Crippen molar-refractivity contribution in [3.8, 4) is 34.3 Å². The van der Waals surface area contributed by atoms with Crippen molar-refractivity contribution in [2.45, 2.75) is 0 Å². The molecule has 2 aromatic heterocycles. The fourth-order valence-electron chi connectivity index (χ4n) is 2.51. The average molecular weight is 375 g/mol. The van der Waals surface area contributed by atoms with Crippen molar-refractivity contribution >= 4 is 11.4 Å². The van der Waals surface area contributed by atoms with Crippen LogP contribution in [0.4, 0.5) is 11.4 Å². The minimum absolute atomic E-state index is 0.0710. The highest BCUT2D eigenvalue weighted by Gasteiger charge is 2.16. The summed E-state index contributed by atoms with van der Waals surface area (Å²) >= 11 is 0. The molecule has 0 aliphatic carbocycles. The van der Waals surface area contributed by atoms with E-state index in [0.717, 1.165) is 0 Å². The third kappa shape index (κ3) is 3.49. The molecule has 0 spiro atoms. The summed E-state index contributed by atoms with van der Waals surface area (Å²) in [4.78, 5) is 18.8. The Morgan fingerprint density at radius 3 is 2.54 bits per heavy atom. The van der Waals surface area contributed by atoms with Gasteiger partial charge in [-0.05, 0) is 48.5 Å². The molecule has 138 valence electrons. The molecule has 2 aromatic carbocycles. The molecule has 0 saturated heterocycles. The van der Waals surface area contributed by atoms with Crippen LogP contribution < -0.4 is 10.5 Å². The quantitative estimate of drug-likeness (QED) is 0.314. The second-order valence-electron chi connectivity index (χ2n) is 5.77. The van der Waals surface area contributed by atoms with Gasteiger partial charge in [-0.15, -0.1) is 0 Å². The molecule has 0 saturated carbocycles. The summed E-state index contributed by atoms with van der Waals surface area (Å²) in [5.41, 5.74) is 6.60. The predicted molar refractivity (Wildman–Crippen MR) is 101 cm³/mol. The first-order valence-electron chi connectivity index (χ1n) is 8.16.